The second-order valence-corrected chi connectivity index (χ2v) is 2.67. The van der Waals surface area contributed by atoms with E-state index in [1.807, 2.05) is 0 Å². The molecule has 0 aliphatic rings. The largest absolute Gasteiger partial charge is 0.508 e. The fourth-order valence-corrected chi connectivity index (χ4v) is 0.973. The molecule has 1 rings (SSSR count). The van der Waals surface area contributed by atoms with Crippen LogP contribution in [0.1, 0.15) is 11.6 Å². The van der Waals surface area contributed by atoms with E-state index in [-0.39, 0.29) is 5.75 Å². The molecule has 0 aliphatic carbocycles. The highest BCUT2D eigenvalue weighted by atomic mass is 16.5. The Morgan fingerprint density at radius 2 is 2.07 bits per heavy atom. The van der Waals surface area contributed by atoms with Crippen molar-refractivity contribution < 1.29 is 14.6 Å². The topological polar surface area (TPSA) is 72.5 Å². The Labute approximate surface area is 81.6 Å². The van der Waals surface area contributed by atoms with Crippen LogP contribution < -0.4 is 5.73 Å². The number of hydrogen-bond acceptors (Lipinski definition) is 4. The van der Waals surface area contributed by atoms with Gasteiger partial charge in [0.1, 0.15) is 11.8 Å². The van der Waals surface area contributed by atoms with Crippen molar-refractivity contribution in [3.8, 4) is 5.75 Å². The maximum atomic E-state index is 11.1. The third-order valence-corrected chi connectivity index (χ3v) is 1.71. The summed E-state index contributed by atoms with van der Waals surface area (Å²) < 4.78 is 4.53. The fraction of sp³-hybridized carbons (Fsp3) is 0.100. The molecule has 0 saturated carbocycles. The molecule has 0 amide bonds. The Morgan fingerprint density at radius 1 is 1.50 bits per heavy atom. The number of ether oxygens (including phenoxy) is 1. The number of benzene rings is 1. The van der Waals surface area contributed by atoms with Crippen LogP contribution in [0.2, 0.25) is 0 Å². The van der Waals surface area contributed by atoms with Crippen LogP contribution in [0.3, 0.4) is 0 Å². The summed E-state index contributed by atoms with van der Waals surface area (Å²) in [6, 6.07) is 5.18. The third-order valence-electron chi connectivity index (χ3n) is 1.71. The predicted octanol–water partition coefficient (Wildman–Crippen LogP) is 1.08. The second kappa shape index (κ2) is 4.43. The summed E-state index contributed by atoms with van der Waals surface area (Å²) in [5.74, 6) is -0.455. The molecule has 4 heteroatoms. The minimum Gasteiger partial charge on any atom is -0.508 e. The van der Waals surface area contributed by atoms with Crippen molar-refractivity contribution >= 4 is 5.97 Å². The molecule has 0 fully saturated rings. The molecule has 1 unspecified atom stereocenters. The Morgan fingerprint density at radius 3 is 2.57 bits per heavy atom. The highest BCUT2D eigenvalue weighted by Crippen LogP contribution is 2.15. The van der Waals surface area contributed by atoms with Crippen LogP contribution in [0.25, 0.3) is 0 Å². The lowest BCUT2D eigenvalue weighted by Crippen LogP contribution is -2.22. The van der Waals surface area contributed by atoms with Crippen molar-refractivity contribution in [2.45, 2.75) is 6.04 Å². The standard InChI is InChI=1S/C10H11NO3/c1-2-14-10(13)9(11)7-3-5-8(12)6-4-7/h2-6,9,12H,1,11H2. The Hall–Kier alpha value is -1.81. The van der Waals surface area contributed by atoms with Crippen molar-refractivity contribution in [2.24, 2.45) is 5.73 Å². The van der Waals surface area contributed by atoms with Gasteiger partial charge in [-0.05, 0) is 17.7 Å². The van der Waals surface area contributed by atoms with Crippen LogP contribution in [-0.4, -0.2) is 11.1 Å². The summed E-state index contributed by atoms with van der Waals surface area (Å²) in [6.45, 7) is 3.25. The van der Waals surface area contributed by atoms with Gasteiger partial charge in [-0.25, -0.2) is 4.79 Å². The van der Waals surface area contributed by atoms with E-state index in [2.05, 4.69) is 11.3 Å². The zero-order valence-electron chi connectivity index (χ0n) is 7.51. The van der Waals surface area contributed by atoms with Gasteiger partial charge >= 0.3 is 5.97 Å². The minimum atomic E-state index is -0.853. The lowest BCUT2D eigenvalue weighted by molar-refractivity contribution is -0.139. The van der Waals surface area contributed by atoms with E-state index in [9.17, 15) is 4.79 Å². The average Bonchev–Trinajstić information content (AvgIpc) is 2.18. The SMILES string of the molecule is C=COC(=O)C(N)c1ccc(O)cc1. The molecule has 0 aliphatic heterocycles. The molecule has 1 aromatic carbocycles. The number of phenolic OH excluding ortho intramolecular Hbond substituents is 1. The number of hydrogen-bond donors (Lipinski definition) is 2. The Kier molecular flexibility index (Phi) is 3.25. The van der Waals surface area contributed by atoms with Crippen molar-refractivity contribution in [3.05, 3.63) is 42.7 Å². The lowest BCUT2D eigenvalue weighted by atomic mass is 10.1. The van der Waals surface area contributed by atoms with E-state index in [0.717, 1.165) is 6.26 Å². The number of esters is 1. The average molecular weight is 193 g/mol. The second-order valence-electron chi connectivity index (χ2n) is 2.67. The minimum absolute atomic E-state index is 0.123. The smallest absolute Gasteiger partial charge is 0.332 e. The first-order chi connectivity index (χ1) is 6.65. The third kappa shape index (κ3) is 2.34. The summed E-state index contributed by atoms with van der Waals surface area (Å²) in [7, 11) is 0. The van der Waals surface area contributed by atoms with Crippen molar-refractivity contribution in [1.82, 2.24) is 0 Å². The van der Waals surface area contributed by atoms with E-state index in [1.165, 1.54) is 12.1 Å². The van der Waals surface area contributed by atoms with E-state index < -0.39 is 12.0 Å². The number of carbonyl (C=O) groups excluding carboxylic acids is 1. The van der Waals surface area contributed by atoms with Gasteiger partial charge in [-0.3, -0.25) is 0 Å². The molecule has 1 aromatic rings. The van der Waals surface area contributed by atoms with Crippen LogP contribution in [0.5, 0.6) is 5.75 Å². The van der Waals surface area contributed by atoms with Gasteiger partial charge < -0.3 is 15.6 Å². The molecular formula is C10H11NO3. The molecule has 1 atom stereocenters. The lowest BCUT2D eigenvalue weighted by Gasteiger charge is -2.08. The van der Waals surface area contributed by atoms with Crippen molar-refractivity contribution in [2.75, 3.05) is 0 Å². The van der Waals surface area contributed by atoms with E-state index in [4.69, 9.17) is 10.8 Å². The number of aromatic hydroxyl groups is 1. The summed E-state index contributed by atoms with van der Waals surface area (Å²) >= 11 is 0. The first kappa shape index (κ1) is 10.3. The molecule has 0 saturated heterocycles. The van der Waals surface area contributed by atoms with Gasteiger partial charge in [-0.1, -0.05) is 18.7 Å². The van der Waals surface area contributed by atoms with Crippen molar-refractivity contribution in [3.63, 3.8) is 0 Å². The highest BCUT2D eigenvalue weighted by molar-refractivity contribution is 5.77. The Balaban J connectivity index is 2.78. The molecular weight excluding hydrogens is 182 g/mol. The van der Waals surface area contributed by atoms with Crippen LogP contribution >= 0.6 is 0 Å². The summed E-state index contributed by atoms with van der Waals surface area (Å²) in [5.41, 5.74) is 6.15. The van der Waals surface area contributed by atoms with Crippen LogP contribution in [0, 0.1) is 0 Å². The maximum absolute atomic E-state index is 11.1. The first-order valence-corrected chi connectivity index (χ1v) is 4.01. The van der Waals surface area contributed by atoms with Crippen LogP contribution in [-0.2, 0) is 9.53 Å². The van der Waals surface area contributed by atoms with E-state index in [0.29, 0.717) is 5.56 Å². The number of rotatable bonds is 3. The maximum Gasteiger partial charge on any atom is 0.332 e. The van der Waals surface area contributed by atoms with Gasteiger partial charge in [0, 0.05) is 0 Å². The predicted molar refractivity (Wildman–Crippen MR) is 51.3 cm³/mol. The Bertz CT molecular complexity index is 332. The molecule has 14 heavy (non-hydrogen) atoms. The summed E-state index contributed by atoms with van der Waals surface area (Å²) in [4.78, 5) is 11.1. The van der Waals surface area contributed by atoms with Gasteiger partial charge in [0.25, 0.3) is 0 Å². The van der Waals surface area contributed by atoms with Crippen molar-refractivity contribution in [1.29, 1.82) is 0 Å². The van der Waals surface area contributed by atoms with E-state index >= 15 is 0 Å². The van der Waals surface area contributed by atoms with Crippen LogP contribution in [0.15, 0.2) is 37.1 Å². The highest BCUT2D eigenvalue weighted by Gasteiger charge is 2.15. The first-order valence-electron chi connectivity index (χ1n) is 4.01. The number of carbonyl (C=O) groups is 1. The normalized spacial score (nSPS) is 11.8. The van der Waals surface area contributed by atoms with Gasteiger partial charge in [0.15, 0.2) is 0 Å². The zero-order valence-corrected chi connectivity index (χ0v) is 7.51. The van der Waals surface area contributed by atoms with Crippen LogP contribution in [0.4, 0.5) is 0 Å². The monoisotopic (exact) mass is 193 g/mol. The number of phenols is 1. The summed E-state index contributed by atoms with van der Waals surface area (Å²) in [5, 5.41) is 9.01. The fourth-order valence-electron chi connectivity index (χ4n) is 0.973. The van der Waals surface area contributed by atoms with Gasteiger partial charge in [-0.15, -0.1) is 0 Å². The summed E-state index contributed by atoms with van der Waals surface area (Å²) in [6.07, 6.45) is 1.03. The van der Waals surface area contributed by atoms with Gasteiger partial charge in [0.2, 0.25) is 0 Å². The molecule has 0 bridgehead atoms. The molecule has 0 radical (unpaired) electrons. The molecule has 4 nitrogen and oxygen atoms in total. The molecule has 0 heterocycles. The number of nitrogens with two attached hydrogens (primary N) is 1. The molecule has 0 spiro atoms. The van der Waals surface area contributed by atoms with Gasteiger partial charge in [0.05, 0.1) is 6.26 Å². The molecule has 0 aromatic heterocycles. The quantitative estimate of drug-likeness (QED) is 0.556. The zero-order chi connectivity index (χ0) is 10.6. The molecule has 3 N–H and O–H groups in total. The van der Waals surface area contributed by atoms with Gasteiger partial charge in [-0.2, -0.15) is 0 Å². The van der Waals surface area contributed by atoms with E-state index in [1.54, 1.807) is 12.1 Å². The molecule has 74 valence electrons.